The second-order valence-corrected chi connectivity index (χ2v) is 4.24. The van der Waals surface area contributed by atoms with Gasteiger partial charge in [0.15, 0.2) is 5.52 Å². The molecule has 0 aromatic carbocycles. The molecule has 1 saturated heterocycles. The summed E-state index contributed by atoms with van der Waals surface area (Å²) in [7, 11) is 1.47. The minimum atomic E-state index is -0.721. The second kappa shape index (κ2) is 4.68. The maximum atomic E-state index is 9.76. The SMILES string of the molecule is COc1nnnc2ncn([C@H]3C[C@H](O)[C@@H](CO)O3)c12. The van der Waals surface area contributed by atoms with Crippen molar-refractivity contribution in [2.45, 2.75) is 24.9 Å². The van der Waals surface area contributed by atoms with E-state index in [4.69, 9.17) is 14.6 Å². The molecular weight excluding hydrogens is 254 g/mol. The van der Waals surface area contributed by atoms with E-state index in [-0.39, 0.29) is 12.5 Å². The van der Waals surface area contributed by atoms with Crippen LogP contribution in [0.2, 0.25) is 0 Å². The summed E-state index contributed by atoms with van der Waals surface area (Å²) in [5.74, 6) is 0.285. The third-order valence-electron chi connectivity index (χ3n) is 3.14. The Labute approximate surface area is 107 Å². The van der Waals surface area contributed by atoms with Crippen molar-refractivity contribution in [1.29, 1.82) is 0 Å². The number of nitrogens with zero attached hydrogens (tertiary/aromatic N) is 5. The number of methoxy groups -OCH3 is 1. The molecule has 9 nitrogen and oxygen atoms in total. The van der Waals surface area contributed by atoms with E-state index in [9.17, 15) is 5.11 Å². The van der Waals surface area contributed by atoms with Crippen LogP contribution >= 0.6 is 0 Å². The van der Waals surface area contributed by atoms with Gasteiger partial charge in [0.05, 0.1) is 19.8 Å². The molecule has 19 heavy (non-hydrogen) atoms. The van der Waals surface area contributed by atoms with Gasteiger partial charge in [0.25, 0.3) is 5.88 Å². The highest BCUT2D eigenvalue weighted by Gasteiger charge is 2.35. The molecule has 0 amide bonds. The second-order valence-electron chi connectivity index (χ2n) is 4.24. The van der Waals surface area contributed by atoms with Crippen molar-refractivity contribution in [3.8, 4) is 5.88 Å². The first-order valence-electron chi connectivity index (χ1n) is 5.79. The third-order valence-corrected chi connectivity index (χ3v) is 3.14. The lowest BCUT2D eigenvalue weighted by atomic mass is 10.2. The summed E-state index contributed by atoms with van der Waals surface area (Å²) in [6, 6.07) is 0. The minimum Gasteiger partial charge on any atom is -0.478 e. The number of fused-ring (bicyclic) bond motifs is 1. The monoisotopic (exact) mass is 267 g/mol. The van der Waals surface area contributed by atoms with Gasteiger partial charge >= 0.3 is 0 Å². The molecule has 1 aliphatic rings. The number of aliphatic hydroxyl groups is 2. The van der Waals surface area contributed by atoms with Crippen LogP contribution in [-0.4, -0.2) is 61.1 Å². The van der Waals surface area contributed by atoms with Crippen LogP contribution in [0.4, 0.5) is 0 Å². The Bertz CT molecular complexity index is 588. The van der Waals surface area contributed by atoms with Crippen molar-refractivity contribution >= 4 is 11.2 Å². The maximum absolute atomic E-state index is 9.76. The van der Waals surface area contributed by atoms with Gasteiger partial charge < -0.3 is 19.7 Å². The van der Waals surface area contributed by atoms with E-state index in [2.05, 4.69) is 20.4 Å². The van der Waals surface area contributed by atoms with Crippen molar-refractivity contribution in [2.24, 2.45) is 0 Å². The predicted molar refractivity (Wildman–Crippen MR) is 61.3 cm³/mol. The van der Waals surface area contributed by atoms with Gasteiger partial charge in [-0.2, -0.15) is 0 Å². The quantitative estimate of drug-likeness (QED) is 0.717. The molecule has 3 rings (SSSR count). The van der Waals surface area contributed by atoms with Gasteiger partial charge in [0.2, 0.25) is 5.65 Å². The number of hydrogen-bond donors (Lipinski definition) is 2. The lowest BCUT2D eigenvalue weighted by Crippen LogP contribution is -2.24. The molecule has 1 fully saturated rings. The van der Waals surface area contributed by atoms with Gasteiger partial charge in [-0.25, -0.2) is 4.98 Å². The van der Waals surface area contributed by atoms with Crippen LogP contribution in [0.3, 0.4) is 0 Å². The zero-order valence-corrected chi connectivity index (χ0v) is 10.2. The summed E-state index contributed by atoms with van der Waals surface area (Å²) in [5.41, 5.74) is 0.936. The summed E-state index contributed by atoms with van der Waals surface area (Å²) >= 11 is 0. The number of aliphatic hydroxyl groups excluding tert-OH is 2. The molecular formula is C10H13N5O4. The smallest absolute Gasteiger partial charge is 0.263 e. The zero-order valence-electron chi connectivity index (χ0n) is 10.2. The highest BCUT2D eigenvalue weighted by molar-refractivity contribution is 5.75. The van der Waals surface area contributed by atoms with E-state index in [1.54, 1.807) is 4.57 Å². The number of ether oxygens (including phenoxy) is 2. The first-order chi connectivity index (χ1) is 9.24. The first kappa shape index (κ1) is 12.2. The molecule has 2 aromatic heterocycles. The molecule has 3 heterocycles. The summed E-state index contributed by atoms with van der Waals surface area (Å²) in [6.07, 6.45) is 0.109. The molecule has 0 unspecified atom stereocenters. The standard InChI is InChI=1S/C10H13N5O4/c1-18-10-8-9(12-14-13-10)11-4-15(8)7-2-5(17)6(3-16)19-7/h4-7,16-17H,2-3H2,1H3/t5-,6+,7+/m0/s1. The van der Waals surface area contributed by atoms with Crippen LogP contribution in [0, 0.1) is 0 Å². The van der Waals surface area contributed by atoms with E-state index in [1.165, 1.54) is 13.4 Å². The fraction of sp³-hybridized carbons (Fsp3) is 0.600. The third kappa shape index (κ3) is 1.91. The van der Waals surface area contributed by atoms with Crippen molar-refractivity contribution in [3.05, 3.63) is 6.33 Å². The van der Waals surface area contributed by atoms with E-state index < -0.39 is 18.4 Å². The van der Waals surface area contributed by atoms with Crippen LogP contribution in [0.15, 0.2) is 6.33 Å². The lowest BCUT2D eigenvalue weighted by Gasteiger charge is -2.14. The molecule has 0 saturated carbocycles. The van der Waals surface area contributed by atoms with Crippen molar-refractivity contribution in [2.75, 3.05) is 13.7 Å². The summed E-state index contributed by atoms with van der Waals surface area (Å²) in [6.45, 7) is -0.237. The van der Waals surface area contributed by atoms with Gasteiger partial charge in [-0.15, -0.1) is 5.10 Å². The number of aromatic nitrogens is 5. The molecule has 1 aliphatic heterocycles. The van der Waals surface area contributed by atoms with Crippen LogP contribution < -0.4 is 4.74 Å². The fourth-order valence-corrected chi connectivity index (χ4v) is 2.19. The predicted octanol–water partition coefficient (Wildman–Crippen LogP) is -1.13. The maximum Gasteiger partial charge on any atom is 0.263 e. The molecule has 0 radical (unpaired) electrons. The summed E-state index contributed by atoms with van der Waals surface area (Å²) < 4.78 is 12.4. The van der Waals surface area contributed by atoms with E-state index in [1.807, 2.05) is 0 Å². The molecule has 0 aliphatic carbocycles. The van der Waals surface area contributed by atoms with Crippen LogP contribution in [0.1, 0.15) is 12.6 Å². The number of hydrogen-bond acceptors (Lipinski definition) is 8. The highest BCUT2D eigenvalue weighted by atomic mass is 16.5. The van der Waals surface area contributed by atoms with Crippen LogP contribution in [0.5, 0.6) is 5.88 Å². The Morgan fingerprint density at radius 2 is 2.37 bits per heavy atom. The van der Waals surface area contributed by atoms with E-state index >= 15 is 0 Å². The lowest BCUT2D eigenvalue weighted by molar-refractivity contribution is -0.0431. The molecule has 0 spiro atoms. The van der Waals surface area contributed by atoms with Gasteiger partial charge in [-0.05, 0) is 5.21 Å². The van der Waals surface area contributed by atoms with Crippen LogP contribution in [0.25, 0.3) is 11.2 Å². The largest absolute Gasteiger partial charge is 0.478 e. The molecule has 3 atom stereocenters. The topological polar surface area (TPSA) is 115 Å². The van der Waals surface area contributed by atoms with Crippen molar-refractivity contribution in [3.63, 3.8) is 0 Å². The molecule has 102 valence electrons. The van der Waals surface area contributed by atoms with Gasteiger partial charge in [0.1, 0.15) is 18.7 Å². The first-order valence-corrected chi connectivity index (χ1v) is 5.79. The van der Waals surface area contributed by atoms with Gasteiger partial charge in [0, 0.05) is 6.42 Å². The minimum absolute atomic E-state index is 0.237. The van der Waals surface area contributed by atoms with Crippen molar-refractivity contribution < 1.29 is 19.7 Å². The number of imidazole rings is 1. The molecule has 0 bridgehead atoms. The van der Waals surface area contributed by atoms with Crippen LogP contribution in [-0.2, 0) is 4.74 Å². The average Bonchev–Trinajstić information content (AvgIpc) is 3.01. The Kier molecular flexibility index (Phi) is 3.01. The van der Waals surface area contributed by atoms with Gasteiger partial charge in [-0.3, -0.25) is 4.57 Å². The molecule has 2 N–H and O–H groups in total. The van der Waals surface area contributed by atoms with Gasteiger partial charge in [-0.1, -0.05) is 5.10 Å². The average molecular weight is 267 g/mol. The summed E-state index contributed by atoms with van der Waals surface area (Å²) in [5, 5.41) is 30.0. The Morgan fingerprint density at radius 3 is 3.05 bits per heavy atom. The summed E-state index contributed by atoms with van der Waals surface area (Å²) in [4.78, 5) is 4.09. The number of rotatable bonds is 3. The van der Waals surface area contributed by atoms with E-state index in [0.717, 1.165) is 0 Å². The normalized spacial score (nSPS) is 27.0. The van der Waals surface area contributed by atoms with E-state index in [0.29, 0.717) is 17.6 Å². The molecule has 2 aromatic rings. The highest BCUT2D eigenvalue weighted by Crippen LogP contribution is 2.32. The Balaban J connectivity index is 2.02. The van der Waals surface area contributed by atoms with Crippen molar-refractivity contribution in [1.82, 2.24) is 25.0 Å². The fourth-order valence-electron chi connectivity index (χ4n) is 2.19. The Morgan fingerprint density at radius 1 is 1.53 bits per heavy atom. The zero-order chi connectivity index (χ0) is 13.4. The molecule has 9 heteroatoms. The Hall–Kier alpha value is -1.84.